The summed E-state index contributed by atoms with van der Waals surface area (Å²) >= 11 is 0. The topological polar surface area (TPSA) is 71.8 Å². The number of benzene rings is 2. The van der Waals surface area contributed by atoms with Crippen LogP contribution in [0.3, 0.4) is 0 Å². The number of hydrogen-bond acceptors (Lipinski definition) is 5. The molecule has 144 valence electrons. The lowest BCUT2D eigenvalue weighted by Gasteiger charge is -2.31. The molecular formula is C22H22N2O4. The average Bonchev–Trinajstić information content (AvgIpc) is 2.74. The molecule has 6 nitrogen and oxygen atoms in total. The Morgan fingerprint density at radius 1 is 1.04 bits per heavy atom. The Hall–Kier alpha value is -2.96. The van der Waals surface area contributed by atoms with E-state index in [0.29, 0.717) is 25.3 Å². The van der Waals surface area contributed by atoms with Gasteiger partial charge >= 0.3 is 5.63 Å². The van der Waals surface area contributed by atoms with E-state index in [1.165, 1.54) is 0 Å². The molecule has 2 aromatic carbocycles. The van der Waals surface area contributed by atoms with Crippen molar-refractivity contribution < 1.29 is 13.9 Å². The summed E-state index contributed by atoms with van der Waals surface area (Å²) in [7, 11) is 0. The zero-order valence-corrected chi connectivity index (χ0v) is 15.5. The van der Waals surface area contributed by atoms with Gasteiger partial charge in [0.1, 0.15) is 11.1 Å². The van der Waals surface area contributed by atoms with Crippen molar-refractivity contribution in [2.24, 2.45) is 0 Å². The lowest BCUT2D eigenvalue weighted by atomic mass is 10.1. The van der Waals surface area contributed by atoms with E-state index in [-0.39, 0.29) is 11.6 Å². The number of nitrogens with one attached hydrogen (secondary N) is 1. The number of para-hydroxylation sites is 1. The molecule has 0 aliphatic carbocycles. The summed E-state index contributed by atoms with van der Waals surface area (Å²) in [5.74, 6) is -0.429. The fourth-order valence-corrected chi connectivity index (χ4v) is 3.42. The van der Waals surface area contributed by atoms with Crippen molar-refractivity contribution in [1.82, 2.24) is 10.2 Å². The van der Waals surface area contributed by atoms with Gasteiger partial charge in [0, 0.05) is 25.0 Å². The maximum Gasteiger partial charge on any atom is 0.349 e. The summed E-state index contributed by atoms with van der Waals surface area (Å²) in [6, 6.07) is 18.3. The molecule has 1 aliphatic rings. The van der Waals surface area contributed by atoms with Crippen LogP contribution in [-0.4, -0.2) is 43.7 Å². The minimum atomic E-state index is -0.630. The minimum absolute atomic E-state index is 0.0154. The molecule has 0 unspecified atom stereocenters. The van der Waals surface area contributed by atoms with Gasteiger partial charge in [-0.2, -0.15) is 0 Å². The van der Waals surface area contributed by atoms with Crippen LogP contribution in [0.25, 0.3) is 11.0 Å². The van der Waals surface area contributed by atoms with Crippen LogP contribution in [0.15, 0.2) is 69.9 Å². The van der Waals surface area contributed by atoms with Gasteiger partial charge in [0.05, 0.1) is 19.3 Å². The Morgan fingerprint density at radius 2 is 1.75 bits per heavy atom. The first kappa shape index (κ1) is 18.4. The number of carbonyl (C=O) groups is 1. The molecule has 2 heterocycles. The molecular weight excluding hydrogens is 356 g/mol. The van der Waals surface area contributed by atoms with Gasteiger partial charge < -0.3 is 14.5 Å². The van der Waals surface area contributed by atoms with Gasteiger partial charge in [-0.15, -0.1) is 0 Å². The molecule has 1 N–H and O–H groups in total. The Balaban J connectivity index is 1.59. The van der Waals surface area contributed by atoms with Crippen LogP contribution in [0, 0.1) is 0 Å². The molecule has 0 bridgehead atoms. The minimum Gasteiger partial charge on any atom is -0.422 e. The lowest BCUT2D eigenvalue weighted by molar-refractivity contribution is 0.0332. The fraction of sp³-hybridized carbons (Fsp3) is 0.273. The zero-order chi connectivity index (χ0) is 19.3. The van der Waals surface area contributed by atoms with Gasteiger partial charge in [-0.3, -0.25) is 9.69 Å². The summed E-state index contributed by atoms with van der Waals surface area (Å²) in [6.07, 6.45) is 0. The molecule has 1 amide bonds. The van der Waals surface area contributed by atoms with Gasteiger partial charge in [0.15, 0.2) is 0 Å². The maximum absolute atomic E-state index is 12.9. The van der Waals surface area contributed by atoms with E-state index in [2.05, 4.69) is 10.2 Å². The van der Waals surface area contributed by atoms with Gasteiger partial charge in [-0.05, 0) is 17.7 Å². The highest BCUT2D eigenvalue weighted by atomic mass is 16.5. The summed E-state index contributed by atoms with van der Waals surface area (Å²) < 4.78 is 10.7. The van der Waals surface area contributed by atoms with E-state index < -0.39 is 11.5 Å². The Kier molecular flexibility index (Phi) is 5.50. The quantitative estimate of drug-likeness (QED) is 0.691. The van der Waals surface area contributed by atoms with Crippen molar-refractivity contribution in [2.45, 2.75) is 6.04 Å². The third-order valence-electron chi connectivity index (χ3n) is 4.94. The van der Waals surface area contributed by atoms with E-state index in [9.17, 15) is 9.59 Å². The Bertz CT molecular complexity index is 1010. The van der Waals surface area contributed by atoms with Crippen molar-refractivity contribution in [1.29, 1.82) is 0 Å². The Labute approximate surface area is 162 Å². The highest BCUT2D eigenvalue weighted by molar-refractivity contribution is 5.96. The van der Waals surface area contributed by atoms with Crippen LogP contribution < -0.4 is 10.9 Å². The molecule has 1 atom stereocenters. The second-order valence-electron chi connectivity index (χ2n) is 6.84. The summed E-state index contributed by atoms with van der Waals surface area (Å²) in [6.45, 7) is 3.65. The van der Waals surface area contributed by atoms with Gasteiger partial charge in [0.2, 0.25) is 0 Å². The number of ether oxygens (including phenoxy) is 1. The predicted octanol–water partition coefficient (Wildman–Crippen LogP) is 2.60. The molecule has 28 heavy (non-hydrogen) atoms. The van der Waals surface area contributed by atoms with E-state index in [4.69, 9.17) is 9.15 Å². The smallest absolute Gasteiger partial charge is 0.349 e. The number of fused-ring (bicyclic) bond motifs is 1. The predicted molar refractivity (Wildman–Crippen MR) is 106 cm³/mol. The fourth-order valence-electron chi connectivity index (χ4n) is 3.42. The summed E-state index contributed by atoms with van der Waals surface area (Å²) in [5.41, 5.74) is 0.848. The SMILES string of the molecule is O=C(N[C@H](CN1CCOCC1)c1ccccc1)c1cc2ccccc2oc1=O. The summed E-state index contributed by atoms with van der Waals surface area (Å²) in [4.78, 5) is 27.5. The number of nitrogens with zero attached hydrogens (tertiary/aromatic N) is 1. The zero-order valence-electron chi connectivity index (χ0n) is 15.5. The van der Waals surface area contributed by atoms with E-state index in [1.54, 1.807) is 18.2 Å². The van der Waals surface area contributed by atoms with Crippen molar-refractivity contribution in [2.75, 3.05) is 32.8 Å². The van der Waals surface area contributed by atoms with Crippen LogP contribution in [-0.2, 0) is 4.74 Å². The van der Waals surface area contributed by atoms with Crippen LogP contribution in [0.2, 0.25) is 0 Å². The molecule has 0 radical (unpaired) electrons. The third-order valence-corrected chi connectivity index (χ3v) is 4.94. The van der Waals surface area contributed by atoms with Crippen molar-refractivity contribution in [3.63, 3.8) is 0 Å². The standard InChI is InChI=1S/C22H22N2O4/c25-21(18-14-17-8-4-5-9-20(17)28-22(18)26)23-19(16-6-2-1-3-7-16)15-24-10-12-27-13-11-24/h1-9,14,19H,10-13,15H2,(H,23,25)/t19-/m1/s1. The first-order valence-electron chi connectivity index (χ1n) is 9.39. The first-order chi connectivity index (χ1) is 13.7. The Morgan fingerprint density at radius 3 is 2.54 bits per heavy atom. The molecule has 3 aromatic rings. The van der Waals surface area contributed by atoms with E-state index >= 15 is 0 Å². The molecule has 1 aromatic heterocycles. The third kappa shape index (κ3) is 4.13. The number of amides is 1. The average molecular weight is 378 g/mol. The van der Waals surface area contributed by atoms with Crippen LogP contribution in [0.5, 0.6) is 0 Å². The van der Waals surface area contributed by atoms with Gasteiger partial charge in [0.25, 0.3) is 5.91 Å². The number of morpholine rings is 1. The maximum atomic E-state index is 12.9. The van der Waals surface area contributed by atoms with Crippen molar-refractivity contribution >= 4 is 16.9 Å². The summed E-state index contributed by atoms with van der Waals surface area (Å²) in [5, 5.41) is 3.74. The molecule has 1 saturated heterocycles. The molecule has 1 fully saturated rings. The molecule has 0 spiro atoms. The van der Waals surface area contributed by atoms with E-state index in [0.717, 1.165) is 24.0 Å². The van der Waals surface area contributed by atoms with Crippen LogP contribution >= 0.6 is 0 Å². The van der Waals surface area contributed by atoms with Crippen LogP contribution in [0.4, 0.5) is 0 Å². The van der Waals surface area contributed by atoms with Crippen LogP contribution in [0.1, 0.15) is 22.0 Å². The molecule has 4 rings (SSSR count). The largest absolute Gasteiger partial charge is 0.422 e. The second kappa shape index (κ2) is 8.37. The first-order valence-corrected chi connectivity index (χ1v) is 9.39. The molecule has 0 saturated carbocycles. The molecule has 6 heteroatoms. The van der Waals surface area contributed by atoms with E-state index in [1.807, 2.05) is 42.5 Å². The number of hydrogen-bond donors (Lipinski definition) is 1. The normalized spacial score (nSPS) is 16.0. The second-order valence-corrected chi connectivity index (χ2v) is 6.84. The van der Waals surface area contributed by atoms with Gasteiger partial charge in [-0.1, -0.05) is 48.5 Å². The highest BCUT2D eigenvalue weighted by Crippen LogP contribution is 2.17. The highest BCUT2D eigenvalue weighted by Gasteiger charge is 2.22. The van der Waals surface area contributed by atoms with Crippen molar-refractivity contribution in [3.05, 3.63) is 82.2 Å². The van der Waals surface area contributed by atoms with Crippen molar-refractivity contribution in [3.8, 4) is 0 Å². The number of carbonyl (C=O) groups excluding carboxylic acids is 1. The van der Waals surface area contributed by atoms with Gasteiger partial charge in [-0.25, -0.2) is 4.79 Å². The lowest BCUT2D eigenvalue weighted by Crippen LogP contribution is -2.43. The number of rotatable bonds is 5. The monoisotopic (exact) mass is 378 g/mol. The molecule has 1 aliphatic heterocycles.